The zero-order valence-corrected chi connectivity index (χ0v) is 12.1. The van der Waals surface area contributed by atoms with E-state index in [0.29, 0.717) is 13.2 Å². The summed E-state index contributed by atoms with van der Waals surface area (Å²) in [5.74, 6) is -0.611. The average molecular weight is 282 g/mol. The van der Waals surface area contributed by atoms with Crippen LogP contribution in [0.25, 0.3) is 0 Å². The summed E-state index contributed by atoms with van der Waals surface area (Å²) in [4.78, 5) is 0. The van der Waals surface area contributed by atoms with Crippen molar-refractivity contribution in [2.45, 2.75) is 52.1 Å². The molecule has 1 aromatic carbocycles. The Morgan fingerprint density at radius 1 is 1.10 bits per heavy atom. The van der Waals surface area contributed by atoms with Crippen LogP contribution in [0, 0.1) is 5.82 Å². The fourth-order valence-corrected chi connectivity index (χ4v) is 2.06. The van der Waals surface area contributed by atoms with E-state index >= 15 is 0 Å². The fraction of sp³-hybridized carbons (Fsp3) is 0.600. The van der Waals surface area contributed by atoms with Gasteiger partial charge in [0.1, 0.15) is 5.82 Å². The van der Waals surface area contributed by atoms with Crippen molar-refractivity contribution in [2.75, 3.05) is 6.61 Å². The molecule has 0 amide bonds. The normalized spacial score (nSPS) is 10.8. The molecule has 1 aromatic rings. The maximum absolute atomic E-state index is 13.3. The molecule has 3 nitrogen and oxygen atoms in total. The van der Waals surface area contributed by atoms with E-state index in [1.165, 1.54) is 44.2 Å². The van der Waals surface area contributed by atoms with Crippen LogP contribution < -0.4 is 5.46 Å². The molecule has 0 aromatic heterocycles. The number of unbranched alkanes of at least 4 members (excludes halogenated alkanes) is 5. The maximum atomic E-state index is 13.3. The van der Waals surface area contributed by atoms with Gasteiger partial charge in [-0.3, -0.25) is 0 Å². The number of ether oxygens (including phenoxy) is 1. The number of hydrogen-bond donors (Lipinski definition) is 2. The second kappa shape index (κ2) is 9.91. The molecule has 1 rings (SSSR count). The Hall–Kier alpha value is -0.905. The third-order valence-corrected chi connectivity index (χ3v) is 3.25. The first-order chi connectivity index (χ1) is 9.65. The highest BCUT2D eigenvalue weighted by Gasteiger charge is 2.16. The minimum atomic E-state index is -1.78. The molecule has 2 N–H and O–H groups in total. The van der Waals surface area contributed by atoms with Gasteiger partial charge in [0, 0.05) is 12.1 Å². The minimum absolute atomic E-state index is 0.106. The summed E-state index contributed by atoms with van der Waals surface area (Å²) in [6, 6.07) is 4.27. The van der Waals surface area contributed by atoms with E-state index in [1.807, 2.05) is 0 Å². The highest BCUT2D eigenvalue weighted by molar-refractivity contribution is 6.58. The van der Waals surface area contributed by atoms with E-state index in [4.69, 9.17) is 14.8 Å². The van der Waals surface area contributed by atoms with Gasteiger partial charge in [-0.15, -0.1) is 0 Å². The summed E-state index contributed by atoms with van der Waals surface area (Å²) in [6.45, 7) is 3.25. The van der Waals surface area contributed by atoms with E-state index in [0.717, 1.165) is 12.0 Å². The Kier molecular flexibility index (Phi) is 8.50. The molecule has 0 saturated carbocycles. The molecule has 0 spiro atoms. The van der Waals surface area contributed by atoms with Crippen molar-refractivity contribution in [3.05, 3.63) is 29.6 Å². The highest BCUT2D eigenvalue weighted by Crippen LogP contribution is 2.07. The molecule has 0 fully saturated rings. The van der Waals surface area contributed by atoms with Crippen molar-refractivity contribution in [1.29, 1.82) is 0 Å². The SMILES string of the molecule is CCCCCCCCOCc1ccc(F)c(B(O)O)c1. The largest absolute Gasteiger partial charge is 0.491 e. The van der Waals surface area contributed by atoms with Gasteiger partial charge in [-0.05, 0) is 18.1 Å². The Balaban J connectivity index is 2.20. The second-order valence-corrected chi connectivity index (χ2v) is 5.05. The zero-order valence-electron chi connectivity index (χ0n) is 12.1. The topological polar surface area (TPSA) is 49.7 Å². The summed E-state index contributed by atoms with van der Waals surface area (Å²) >= 11 is 0. The van der Waals surface area contributed by atoms with Crippen molar-refractivity contribution in [2.24, 2.45) is 0 Å². The highest BCUT2D eigenvalue weighted by atomic mass is 19.1. The first kappa shape index (κ1) is 17.1. The van der Waals surface area contributed by atoms with Gasteiger partial charge in [-0.2, -0.15) is 0 Å². The smallest absolute Gasteiger partial charge is 0.423 e. The summed E-state index contributed by atoms with van der Waals surface area (Å²) in [7, 11) is -1.78. The van der Waals surface area contributed by atoms with Crippen LogP contribution in [0.15, 0.2) is 18.2 Å². The van der Waals surface area contributed by atoms with Gasteiger partial charge in [0.05, 0.1) is 6.61 Å². The van der Waals surface area contributed by atoms with Gasteiger partial charge in [0.25, 0.3) is 0 Å². The summed E-state index contributed by atoms with van der Waals surface area (Å²) < 4.78 is 18.8. The van der Waals surface area contributed by atoms with E-state index in [1.54, 1.807) is 6.07 Å². The molecule has 0 aliphatic carbocycles. The Bertz CT molecular complexity index is 385. The van der Waals surface area contributed by atoms with Crippen molar-refractivity contribution in [3.63, 3.8) is 0 Å². The quantitative estimate of drug-likeness (QED) is 0.511. The summed E-state index contributed by atoms with van der Waals surface area (Å²) in [5, 5.41) is 18.0. The number of hydrogen-bond acceptors (Lipinski definition) is 3. The van der Waals surface area contributed by atoms with Crippen LogP contribution in [0.5, 0.6) is 0 Å². The molecule has 0 saturated heterocycles. The Morgan fingerprint density at radius 2 is 1.80 bits per heavy atom. The number of halogens is 1. The van der Waals surface area contributed by atoms with Gasteiger partial charge in [-0.1, -0.05) is 51.2 Å². The second-order valence-electron chi connectivity index (χ2n) is 5.05. The van der Waals surface area contributed by atoms with Crippen molar-refractivity contribution >= 4 is 12.6 Å². The number of benzene rings is 1. The first-order valence-electron chi connectivity index (χ1n) is 7.37. The van der Waals surface area contributed by atoms with Crippen molar-refractivity contribution < 1.29 is 19.2 Å². The molecule has 0 bridgehead atoms. The van der Waals surface area contributed by atoms with Crippen molar-refractivity contribution in [1.82, 2.24) is 0 Å². The molecular formula is C15H24BFO3. The molecule has 0 atom stereocenters. The molecular weight excluding hydrogens is 258 g/mol. The minimum Gasteiger partial charge on any atom is -0.423 e. The van der Waals surface area contributed by atoms with Gasteiger partial charge < -0.3 is 14.8 Å². The fourth-order valence-electron chi connectivity index (χ4n) is 2.06. The van der Waals surface area contributed by atoms with Gasteiger partial charge >= 0.3 is 7.12 Å². The van der Waals surface area contributed by atoms with Crippen LogP contribution in [-0.2, 0) is 11.3 Å². The molecule has 0 aliphatic rings. The van der Waals surface area contributed by atoms with Crippen molar-refractivity contribution in [3.8, 4) is 0 Å². The van der Waals surface area contributed by atoms with Crippen LogP contribution in [0.1, 0.15) is 51.0 Å². The molecule has 0 aliphatic heterocycles. The van der Waals surface area contributed by atoms with E-state index in [9.17, 15) is 4.39 Å². The molecule has 5 heteroatoms. The van der Waals surface area contributed by atoms with E-state index < -0.39 is 12.9 Å². The van der Waals surface area contributed by atoms with Crippen LogP contribution in [0.3, 0.4) is 0 Å². The lowest BCUT2D eigenvalue weighted by atomic mass is 9.79. The Labute approximate surface area is 120 Å². The Morgan fingerprint density at radius 3 is 2.50 bits per heavy atom. The van der Waals surface area contributed by atoms with Gasteiger partial charge in [-0.25, -0.2) is 4.39 Å². The summed E-state index contributed by atoms with van der Waals surface area (Å²) in [6.07, 6.45) is 7.27. The van der Waals surface area contributed by atoms with Crippen LogP contribution in [-0.4, -0.2) is 23.8 Å². The lowest BCUT2D eigenvalue weighted by molar-refractivity contribution is 0.116. The molecule has 0 radical (unpaired) electrons. The average Bonchev–Trinajstić information content (AvgIpc) is 2.43. The lowest BCUT2D eigenvalue weighted by Crippen LogP contribution is -2.33. The van der Waals surface area contributed by atoms with Crippen LogP contribution >= 0.6 is 0 Å². The maximum Gasteiger partial charge on any atom is 0.491 e. The third kappa shape index (κ3) is 6.50. The predicted octanol–water partition coefficient (Wildman–Crippen LogP) is 2.38. The predicted molar refractivity (Wildman–Crippen MR) is 79.3 cm³/mol. The standard InChI is InChI=1S/C15H24BFO3/c1-2-3-4-5-6-7-10-20-12-13-8-9-15(17)14(11-13)16(18)19/h8-9,11,18-19H,2-7,10,12H2,1H3. The zero-order chi connectivity index (χ0) is 14.8. The first-order valence-corrected chi connectivity index (χ1v) is 7.37. The molecule has 0 unspecified atom stereocenters. The van der Waals surface area contributed by atoms with E-state index in [-0.39, 0.29) is 5.46 Å². The molecule has 20 heavy (non-hydrogen) atoms. The van der Waals surface area contributed by atoms with Crippen LogP contribution in [0.4, 0.5) is 4.39 Å². The third-order valence-electron chi connectivity index (χ3n) is 3.25. The summed E-state index contributed by atoms with van der Waals surface area (Å²) in [5.41, 5.74) is 0.645. The van der Waals surface area contributed by atoms with Gasteiger partial charge in [0.2, 0.25) is 0 Å². The monoisotopic (exact) mass is 282 g/mol. The van der Waals surface area contributed by atoms with E-state index in [2.05, 4.69) is 6.92 Å². The lowest BCUT2D eigenvalue weighted by Gasteiger charge is -2.07. The number of rotatable bonds is 10. The molecule has 112 valence electrons. The van der Waals surface area contributed by atoms with Crippen LogP contribution in [0.2, 0.25) is 0 Å². The molecule has 0 heterocycles. The van der Waals surface area contributed by atoms with Gasteiger partial charge in [0.15, 0.2) is 0 Å².